The number of carbonyl (C=O) groups is 1. The smallest absolute Gasteiger partial charge is 0.253 e. The number of carbonyl (C=O) groups excluding carboxylic acids is 1. The average Bonchev–Trinajstić information content (AvgIpc) is 3.09. The van der Waals surface area contributed by atoms with Crippen molar-refractivity contribution in [2.45, 2.75) is 20.3 Å². The molecule has 28 heavy (non-hydrogen) atoms. The van der Waals surface area contributed by atoms with Crippen molar-refractivity contribution in [1.82, 2.24) is 9.88 Å². The maximum Gasteiger partial charge on any atom is 0.253 e. The Labute approximate surface area is 165 Å². The molecular weight excluding hydrogens is 352 g/mol. The predicted molar refractivity (Wildman–Crippen MR) is 112 cm³/mol. The molecule has 0 unspecified atom stereocenters. The molecule has 0 aliphatic heterocycles. The molecule has 1 aromatic heterocycles. The van der Waals surface area contributed by atoms with E-state index < -0.39 is 0 Å². The van der Waals surface area contributed by atoms with E-state index in [1.54, 1.807) is 14.2 Å². The number of ether oxygens (including phenoxy) is 2. The first-order valence-electron chi connectivity index (χ1n) is 9.39. The zero-order chi connectivity index (χ0) is 20.1. The van der Waals surface area contributed by atoms with Gasteiger partial charge in [-0.3, -0.25) is 4.79 Å². The van der Waals surface area contributed by atoms with E-state index in [2.05, 4.69) is 9.88 Å². The summed E-state index contributed by atoms with van der Waals surface area (Å²) in [5, 5.41) is 2.98. The lowest BCUT2D eigenvalue weighted by Crippen LogP contribution is -2.24. The Hall–Kier alpha value is -3.21. The van der Waals surface area contributed by atoms with Crippen molar-refractivity contribution < 1.29 is 14.3 Å². The van der Waals surface area contributed by atoms with Crippen molar-refractivity contribution in [2.75, 3.05) is 20.8 Å². The van der Waals surface area contributed by atoms with Gasteiger partial charge >= 0.3 is 0 Å². The van der Waals surface area contributed by atoms with E-state index in [4.69, 9.17) is 9.47 Å². The van der Waals surface area contributed by atoms with Gasteiger partial charge in [0.05, 0.1) is 31.2 Å². The van der Waals surface area contributed by atoms with Gasteiger partial charge in [0, 0.05) is 18.3 Å². The minimum atomic E-state index is -0.0721. The molecule has 0 bridgehead atoms. The predicted octanol–water partition coefficient (Wildman–Crippen LogP) is 4.61. The van der Waals surface area contributed by atoms with Crippen LogP contribution in [0.4, 0.5) is 0 Å². The van der Waals surface area contributed by atoms with Crippen molar-refractivity contribution in [1.29, 1.82) is 0 Å². The van der Waals surface area contributed by atoms with Crippen LogP contribution in [-0.2, 0) is 0 Å². The third kappa shape index (κ3) is 3.74. The fraction of sp³-hybridized carbons (Fsp3) is 0.261. The summed E-state index contributed by atoms with van der Waals surface area (Å²) in [5.74, 6) is 1.36. The molecule has 3 aromatic rings. The van der Waals surface area contributed by atoms with E-state index in [0.717, 1.165) is 34.8 Å². The number of nitrogens with one attached hydrogen (secondary N) is 1. The molecule has 0 fully saturated rings. The Morgan fingerprint density at radius 1 is 1.04 bits per heavy atom. The molecule has 2 aromatic carbocycles. The third-order valence-electron chi connectivity index (χ3n) is 4.72. The molecule has 5 nitrogen and oxygen atoms in total. The molecule has 1 amide bonds. The Kier molecular flexibility index (Phi) is 6.04. The summed E-state index contributed by atoms with van der Waals surface area (Å²) < 4.78 is 13.1. The molecule has 0 spiro atoms. The van der Waals surface area contributed by atoms with Crippen molar-refractivity contribution in [2.24, 2.45) is 0 Å². The number of rotatable bonds is 7. The number of amides is 1. The van der Waals surface area contributed by atoms with Gasteiger partial charge in [-0.25, -0.2) is 0 Å². The van der Waals surface area contributed by atoms with Crippen LogP contribution in [0.1, 0.15) is 29.4 Å². The van der Waals surface area contributed by atoms with E-state index in [1.165, 1.54) is 0 Å². The lowest BCUT2D eigenvalue weighted by Gasteiger charge is -2.17. The van der Waals surface area contributed by atoms with Crippen LogP contribution in [0.2, 0.25) is 0 Å². The Morgan fingerprint density at radius 3 is 2.43 bits per heavy atom. The summed E-state index contributed by atoms with van der Waals surface area (Å²) in [5.41, 5.74) is 4.26. The van der Waals surface area contributed by atoms with E-state index in [-0.39, 0.29) is 5.91 Å². The summed E-state index contributed by atoms with van der Waals surface area (Å²) in [4.78, 5) is 12.7. The fourth-order valence-electron chi connectivity index (χ4n) is 3.27. The molecule has 3 rings (SSSR count). The largest absolute Gasteiger partial charge is 0.497 e. The summed E-state index contributed by atoms with van der Waals surface area (Å²) >= 11 is 0. The minimum Gasteiger partial charge on any atom is -0.497 e. The molecule has 0 atom stereocenters. The SMILES string of the molecule is CCCNC(=O)c1cc(-c2ccccc2)n(-c2cc(OC)ccc2OC)c1C. The van der Waals surface area contributed by atoms with Gasteiger partial charge in [-0.15, -0.1) is 0 Å². The van der Waals surface area contributed by atoms with Crippen molar-refractivity contribution in [3.05, 3.63) is 65.9 Å². The van der Waals surface area contributed by atoms with Crippen LogP contribution in [0.5, 0.6) is 11.5 Å². The normalized spacial score (nSPS) is 10.6. The van der Waals surface area contributed by atoms with Gasteiger partial charge in [0.25, 0.3) is 5.91 Å². The first-order valence-corrected chi connectivity index (χ1v) is 9.39. The summed E-state index contributed by atoms with van der Waals surface area (Å²) in [7, 11) is 3.27. The van der Waals surface area contributed by atoms with Crippen molar-refractivity contribution >= 4 is 5.91 Å². The lowest BCUT2D eigenvalue weighted by atomic mass is 10.1. The molecule has 0 aliphatic carbocycles. The highest BCUT2D eigenvalue weighted by atomic mass is 16.5. The average molecular weight is 378 g/mol. The number of aromatic nitrogens is 1. The number of hydrogen-bond acceptors (Lipinski definition) is 3. The molecule has 1 heterocycles. The van der Waals surface area contributed by atoms with E-state index >= 15 is 0 Å². The second kappa shape index (κ2) is 8.65. The van der Waals surface area contributed by atoms with Gasteiger partial charge in [-0.1, -0.05) is 37.3 Å². The van der Waals surface area contributed by atoms with Crippen LogP contribution in [0.25, 0.3) is 16.9 Å². The fourth-order valence-corrected chi connectivity index (χ4v) is 3.27. The van der Waals surface area contributed by atoms with Gasteiger partial charge in [0.15, 0.2) is 0 Å². The maximum atomic E-state index is 12.7. The maximum absolute atomic E-state index is 12.7. The Morgan fingerprint density at radius 2 is 1.79 bits per heavy atom. The molecule has 0 radical (unpaired) electrons. The molecule has 1 N–H and O–H groups in total. The number of hydrogen-bond donors (Lipinski definition) is 1. The van der Waals surface area contributed by atoms with Gasteiger partial charge in [-0.2, -0.15) is 0 Å². The second-order valence-corrected chi connectivity index (χ2v) is 6.52. The molecule has 0 saturated heterocycles. The zero-order valence-corrected chi connectivity index (χ0v) is 16.8. The lowest BCUT2D eigenvalue weighted by molar-refractivity contribution is 0.0953. The highest BCUT2D eigenvalue weighted by Crippen LogP contribution is 2.35. The number of methoxy groups -OCH3 is 2. The van der Waals surface area contributed by atoms with Crippen LogP contribution >= 0.6 is 0 Å². The van der Waals surface area contributed by atoms with Crippen LogP contribution in [0, 0.1) is 6.92 Å². The third-order valence-corrected chi connectivity index (χ3v) is 4.72. The first-order chi connectivity index (χ1) is 13.6. The van der Waals surface area contributed by atoms with Gasteiger partial charge in [0.1, 0.15) is 11.5 Å². The number of benzene rings is 2. The van der Waals surface area contributed by atoms with Gasteiger partial charge in [-0.05, 0) is 37.1 Å². The summed E-state index contributed by atoms with van der Waals surface area (Å²) in [6.45, 7) is 4.63. The quantitative estimate of drug-likeness (QED) is 0.653. The van der Waals surface area contributed by atoms with Gasteiger partial charge < -0.3 is 19.4 Å². The van der Waals surface area contributed by atoms with Crippen molar-refractivity contribution in [3.63, 3.8) is 0 Å². The molecule has 0 saturated carbocycles. The van der Waals surface area contributed by atoms with Crippen molar-refractivity contribution in [3.8, 4) is 28.4 Å². The number of nitrogens with zero attached hydrogens (tertiary/aromatic N) is 1. The highest BCUT2D eigenvalue weighted by Gasteiger charge is 2.21. The van der Waals surface area contributed by atoms with Crippen LogP contribution in [0.3, 0.4) is 0 Å². The van der Waals surface area contributed by atoms with E-state index in [0.29, 0.717) is 17.9 Å². The topological polar surface area (TPSA) is 52.5 Å². The monoisotopic (exact) mass is 378 g/mol. The first kappa shape index (κ1) is 19.5. The molecule has 0 aliphatic rings. The zero-order valence-electron chi connectivity index (χ0n) is 16.8. The van der Waals surface area contributed by atoms with E-state index in [1.807, 2.05) is 68.4 Å². The molecular formula is C23H26N2O3. The summed E-state index contributed by atoms with van der Waals surface area (Å²) in [6.07, 6.45) is 0.890. The van der Waals surface area contributed by atoms with Crippen LogP contribution in [-0.4, -0.2) is 31.2 Å². The minimum absolute atomic E-state index is 0.0721. The Balaban J connectivity index is 2.25. The standard InChI is InChI=1S/C23H26N2O3/c1-5-13-24-23(26)19-15-20(17-9-7-6-8-10-17)25(16(19)2)21-14-18(27-3)11-12-22(21)28-4/h6-12,14-15H,5,13H2,1-4H3,(H,24,26). The second-order valence-electron chi connectivity index (χ2n) is 6.52. The highest BCUT2D eigenvalue weighted by molar-refractivity contribution is 5.97. The molecule has 5 heteroatoms. The van der Waals surface area contributed by atoms with Crippen LogP contribution < -0.4 is 14.8 Å². The van der Waals surface area contributed by atoms with Gasteiger partial charge in [0.2, 0.25) is 0 Å². The van der Waals surface area contributed by atoms with Crippen LogP contribution in [0.15, 0.2) is 54.6 Å². The summed E-state index contributed by atoms with van der Waals surface area (Å²) in [6, 6.07) is 17.6. The van der Waals surface area contributed by atoms with E-state index in [9.17, 15) is 4.79 Å². The Bertz CT molecular complexity index is 961. The molecule has 146 valence electrons.